The minimum Gasteiger partial charge on any atom is -0.478 e. The molecule has 2 bridgehead atoms. The maximum absolute atomic E-state index is 12.4. The molecule has 0 atom stereocenters. The molecule has 10 nitrogen and oxygen atoms in total. The van der Waals surface area contributed by atoms with Crippen LogP contribution in [-0.2, 0) is 25.4 Å². The highest BCUT2D eigenvalue weighted by molar-refractivity contribution is 5.80. The summed E-state index contributed by atoms with van der Waals surface area (Å²) in [5, 5.41) is 12.9. The van der Waals surface area contributed by atoms with Gasteiger partial charge in [-0.15, -0.1) is 0 Å². The van der Waals surface area contributed by atoms with Gasteiger partial charge in [-0.25, -0.2) is 9.78 Å². The molecule has 210 valence electrons. The number of amides is 1. The third-order valence-electron chi connectivity index (χ3n) is 7.36. The second-order valence-corrected chi connectivity index (χ2v) is 11.4. The molecule has 1 aliphatic carbocycles. The Bertz CT molecular complexity index is 1220. The van der Waals surface area contributed by atoms with E-state index in [4.69, 9.17) is 18.9 Å². The van der Waals surface area contributed by atoms with Gasteiger partial charge < -0.3 is 24.3 Å². The van der Waals surface area contributed by atoms with Crippen LogP contribution in [0.25, 0.3) is 11.0 Å². The SMILES string of the molecule is CCOC(=O)CCCOc1ccc2ncc(C#N)c(CCC34CCC(NC(=O)OC(C)(C)C)(CC3)CO4)c2n1. The molecule has 3 fully saturated rings. The summed E-state index contributed by atoms with van der Waals surface area (Å²) >= 11 is 0. The summed E-state index contributed by atoms with van der Waals surface area (Å²) in [5.74, 6) is 0.176. The van der Waals surface area contributed by atoms with Crippen LogP contribution in [0.15, 0.2) is 18.3 Å². The van der Waals surface area contributed by atoms with Crippen LogP contribution in [0.3, 0.4) is 0 Å². The lowest BCUT2D eigenvalue weighted by molar-refractivity contribution is -0.163. The van der Waals surface area contributed by atoms with E-state index in [-0.39, 0.29) is 18.0 Å². The number of esters is 1. The first-order valence-electron chi connectivity index (χ1n) is 13.7. The van der Waals surface area contributed by atoms with Crippen molar-refractivity contribution in [2.75, 3.05) is 19.8 Å². The largest absolute Gasteiger partial charge is 0.478 e. The second-order valence-electron chi connectivity index (χ2n) is 11.4. The van der Waals surface area contributed by atoms with Crippen molar-refractivity contribution in [1.29, 1.82) is 5.26 Å². The van der Waals surface area contributed by atoms with Gasteiger partial charge in [0.05, 0.1) is 47.6 Å². The summed E-state index contributed by atoms with van der Waals surface area (Å²) in [7, 11) is 0. The van der Waals surface area contributed by atoms with E-state index >= 15 is 0 Å². The molecular weight excluding hydrogens is 500 g/mol. The van der Waals surface area contributed by atoms with Crippen LogP contribution in [0, 0.1) is 11.3 Å². The fraction of sp³-hybridized carbons (Fsp3) is 0.621. The molecule has 3 aliphatic rings. The number of ether oxygens (including phenoxy) is 4. The normalized spacial score (nSPS) is 22.2. The Balaban J connectivity index is 1.41. The van der Waals surface area contributed by atoms with Crippen molar-refractivity contribution >= 4 is 23.1 Å². The molecule has 10 heteroatoms. The standard InChI is InChI=1S/C29H38N4O6/c1-5-36-24(34)7-6-16-37-23-9-8-22-25(32-23)21(20(17-30)18-31-22)10-11-29-14-12-28(13-15-29,19-38-29)33-26(35)39-27(2,3)4/h8-9,18H,5-7,10-16,19H2,1-4H3,(H,33,35). The van der Waals surface area contributed by atoms with E-state index in [1.54, 1.807) is 19.2 Å². The van der Waals surface area contributed by atoms with Gasteiger partial charge in [0.25, 0.3) is 0 Å². The fourth-order valence-electron chi connectivity index (χ4n) is 5.28. The van der Waals surface area contributed by atoms with Crippen LogP contribution in [0.1, 0.15) is 83.8 Å². The number of nitriles is 1. The van der Waals surface area contributed by atoms with E-state index in [9.17, 15) is 14.9 Å². The topological polar surface area (TPSA) is 133 Å². The summed E-state index contributed by atoms with van der Waals surface area (Å²) in [5.41, 5.74) is 1.38. The number of alkyl carbamates (subject to hydrolysis) is 1. The first kappa shape index (κ1) is 28.6. The summed E-state index contributed by atoms with van der Waals surface area (Å²) in [6.45, 7) is 8.45. The monoisotopic (exact) mass is 538 g/mol. The summed E-state index contributed by atoms with van der Waals surface area (Å²) in [4.78, 5) is 33.0. The lowest BCUT2D eigenvalue weighted by atomic mass is 9.69. The highest BCUT2D eigenvalue weighted by atomic mass is 16.6. The number of hydrogen-bond donors (Lipinski definition) is 1. The number of aryl methyl sites for hydroxylation is 1. The van der Waals surface area contributed by atoms with Crippen molar-refractivity contribution in [3.63, 3.8) is 0 Å². The first-order chi connectivity index (χ1) is 18.6. The maximum Gasteiger partial charge on any atom is 0.408 e. The molecule has 0 radical (unpaired) electrons. The van der Waals surface area contributed by atoms with Crippen LogP contribution in [0.5, 0.6) is 5.88 Å². The smallest absolute Gasteiger partial charge is 0.408 e. The van der Waals surface area contributed by atoms with Crippen molar-refractivity contribution < 1.29 is 28.5 Å². The van der Waals surface area contributed by atoms with Crippen LogP contribution in [0.2, 0.25) is 0 Å². The molecule has 0 aromatic carbocycles. The van der Waals surface area contributed by atoms with E-state index in [1.165, 1.54) is 0 Å². The zero-order chi connectivity index (χ0) is 28.1. The summed E-state index contributed by atoms with van der Waals surface area (Å²) in [6, 6.07) is 5.84. The van der Waals surface area contributed by atoms with Gasteiger partial charge in [0, 0.05) is 18.7 Å². The molecular formula is C29H38N4O6. The molecule has 0 unspecified atom stereocenters. The number of nitrogens with zero attached hydrogens (tertiary/aromatic N) is 3. The highest BCUT2D eigenvalue weighted by Crippen LogP contribution is 2.46. The molecule has 0 spiro atoms. The van der Waals surface area contributed by atoms with E-state index in [0.717, 1.165) is 37.7 Å². The Morgan fingerprint density at radius 2 is 1.97 bits per heavy atom. The van der Waals surface area contributed by atoms with Gasteiger partial charge in [-0.3, -0.25) is 9.78 Å². The Morgan fingerprint density at radius 3 is 2.62 bits per heavy atom. The number of hydrogen-bond acceptors (Lipinski definition) is 9. The molecule has 1 N–H and O–H groups in total. The van der Waals surface area contributed by atoms with Gasteiger partial charge in [0.1, 0.15) is 11.7 Å². The number of carbonyl (C=O) groups is 2. The van der Waals surface area contributed by atoms with Gasteiger partial charge in [-0.05, 0) is 84.3 Å². The van der Waals surface area contributed by atoms with Gasteiger partial charge in [-0.2, -0.15) is 5.26 Å². The summed E-state index contributed by atoms with van der Waals surface area (Å²) in [6.07, 6.45) is 6.58. The van der Waals surface area contributed by atoms with Gasteiger partial charge in [-0.1, -0.05) is 0 Å². The molecule has 2 aliphatic heterocycles. The summed E-state index contributed by atoms with van der Waals surface area (Å²) < 4.78 is 22.6. The van der Waals surface area contributed by atoms with Gasteiger partial charge in [0.2, 0.25) is 5.88 Å². The van der Waals surface area contributed by atoms with Crippen molar-refractivity contribution in [2.45, 2.75) is 95.8 Å². The molecule has 2 aromatic heterocycles. The lowest BCUT2D eigenvalue weighted by Gasteiger charge is -2.53. The van der Waals surface area contributed by atoms with E-state index in [0.29, 0.717) is 55.1 Å². The Kier molecular flexibility index (Phi) is 8.60. The lowest BCUT2D eigenvalue weighted by Crippen LogP contribution is -2.63. The number of fused-ring (bicyclic) bond motifs is 4. The molecule has 39 heavy (non-hydrogen) atoms. The van der Waals surface area contributed by atoms with E-state index < -0.39 is 17.2 Å². The number of rotatable bonds is 10. The molecule has 5 rings (SSSR count). The minimum atomic E-state index is -0.554. The molecule has 1 saturated carbocycles. The third-order valence-corrected chi connectivity index (χ3v) is 7.36. The van der Waals surface area contributed by atoms with Crippen molar-refractivity contribution in [3.8, 4) is 11.9 Å². The highest BCUT2D eigenvalue weighted by Gasteiger charge is 2.50. The van der Waals surface area contributed by atoms with Crippen molar-refractivity contribution in [2.24, 2.45) is 0 Å². The quantitative estimate of drug-likeness (QED) is 0.336. The number of aromatic nitrogens is 2. The van der Waals surface area contributed by atoms with Crippen LogP contribution in [-0.4, -0.2) is 58.6 Å². The minimum absolute atomic E-state index is 0.248. The Morgan fingerprint density at radius 1 is 1.21 bits per heavy atom. The van der Waals surface area contributed by atoms with Crippen LogP contribution in [0.4, 0.5) is 4.79 Å². The van der Waals surface area contributed by atoms with E-state index in [1.807, 2.05) is 26.8 Å². The van der Waals surface area contributed by atoms with Crippen molar-refractivity contribution in [3.05, 3.63) is 29.5 Å². The molecule has 2 aromatic rings. The third kappa shape index (κ3) is 7.15. The van der Waals surface area contributed by atoms with Gasteiger partial charge in [0.15, 0.2) is 0 Å². The Labute approximate surface area is 229 Å². The molecule has 2 saturated heterocycles. The first-order valence-corrected chi connectivity index (χ1v) is 13.7. The maximum atomic E-state index is 12.4. The number of nitrogens with one attached hydrogen (secondary N) is 1. The number of pyridine rings is 2. The average Bonchev–Trinajstić information content (AvgIpc) is 2.89. The average molecular weight is 539 g/mol. The van der Waals surface area contributed by atoms with E-state index in [2.05, 4.69) is 21.4 Å². The molecule has 4 heterocycles. The van der Waals surface area contributed by atoms with Crippen LogP contribution < -0.4 is 10.1 Å². The van der Waals surface area contributed by atoms with Crippen LogP contribution >= 0.6 is 0 Å². The predicted octanol–water partition coefficient (Wildman–Crippen LogP) is 4.76. The fourth-order valence-corrected chi connectivity index (χ4v) is 5.28. The van der Waals surface area contributed by atoms with Gasteiger partial charge >= 0.3 is 12.1 Å². The predicted molar refractivity (Wildman–Crippen MR) is 143 cm³/mol. The second kappa shape index (κ2) is 11.7. The molecule has 1 amide bonds. The number of carbonyl (C=O) groups excluding carboxylic acids is 2. The zero-order valence-corrected chi connectivity index (χ0v) is 23.3. The zero-order valence-electron chi connectivity index (χ0n) is 23.3. The van der Waals surface area contributed by atoms with Crippen molar-refractivity contribution in [1.82, 2.24) is 15.3 Å². The Hall–Kier alpha value is -3.45.